The summed E-state index contributed by atoms with van der Waals surface area (Å²) in [4.78, 5) is 22.2. The third-order valence-electron chi connectivity index (χ3n) is 4.68. The lowest BCUT2D eigenvalue weighted by Gasteiger charge is -2.29. The smallest absolute Gasteiger partial charge is 0.360 e. The fourth-order valence-corrected chi connectivity index (χ4v) is 4.99. The second kappa shape index (κ2) is 7.61. The van der Waals surface area contributed by atoms with Crippen LogP contribution in [0.2, 0.25) is 0 Å². The summed E-state index contributed by atoms with van der Waals surface area (Å²) in [5.74, 6) is -0.700. The van der Waals surface area contributed by atoms with Crippen molar-refractivity contribution in [2.75, 3.05) is 33.0 Å². The van der Waals surface area contributed by atoms with Crippen molar-refractivity contribution in [1.29, 1.82) is 0 Å². The predicted molar refractivity (Wildman–Crippen MR) is 101 cm³/mol. The number of anilines is 1. The van der Waals surface area contributed by atoms with Gasteiger partial charge in [-0.2, -0.15) is 0 Å². The molecule has 144 valence electrons. The minimum atomic E-state index is -3.40. The minimum Gasteiger partial charge on any atom is -0.464 e. The third-order valence-corrected chi connectivity index (χ3v) is 6.87. The van der Waals surface area contributed by atoms with Crippen molar-refractivity contribution in [2.24, 2.45) is 0 Å². The van der Waals surface area contributed by atoms with E-state index in [0.29, 0.717) is 24.2 Å². The number of sulfone groups is 1. The summed E-state index contributed by atoms with van der Waals surface area (Å²) in [6.45, 7) is 1.46. The van der Waals surface area contributed by atoms with Gasteiger partial charge in [-0.15, -0.1) is 0 Å². The summed E-state index contributed by atoms with van der Waals surface area (Å²) in [5, 5.41) is -0.399. The van der Waals surface area contributed by atoms with Crippen LogP contribution in [0.3, 0.4) is 0 Å². The van der Waals surface area contributed by atoms with Crippen LogP contribution in [0, 0.1) is 0 Å². The fraction of sp³-hybridized carbons (Fsp3) is 0.389. The zero-order valence-corrected chi connectivity index (χ0v) is 16.1. The first-order valence-electron chi connectivity index (χ1n) is 8.56. The number of nitrogens with zero attached hydrogens (tertiary/aromatic N) is 3. The van der Waals surface area contributed by atoms with Crippen molar-refractivity contribution in [3.63, 3.8) is 0 Å². The number of nitrogen functional groups attached to an aromatic ring is 1. The first kappa shape index (κ1) is 19.2. The largest absolute Gasteiger partial charge is 0.464 e. The maximum absolute atomic E-state index is 12.9. The van der Waals surface area contributed by atoms with Gasteiger partial charge in [-0.1, -0.05) is 12.1 Å². The number of aromatic nitrogens is 2. The maximum atomic E-state index is 12.9. The van der Waals surface area contributed by atoms with Crippen molar-refractivity contribution in [3.05, 3.63) is 36.2 Å². The lowest BCUT2D eigenvalue weighted by atomic mass is 10.1. The van der Waals surface area contributed by atoms with Gasteiger partial charge < -0.3 is 15.4 Å². The predicted octanol–water partition coefficient (Wildman–Crippen LogP) is 1.38. The number of methoxy groups -OCH3 is 1. The molecule has 1 unspecified atom stereocenters. The number of hydrogen-bond acceptors (Lipinski definition) is 8. The van der Waals surface area contributed by atoms with E-state index in [9.17, 15) is 13.2 Å². The van der Waals surface area contributed by atoms with Crippen LogP contribution in [-0.4, -0.2) is 61.8 Å². The number of likely N-dealkylation sites (tertiary alicyclic amines) is 1. The van der Waals surface area contributed by atoms with Gasteiger partial charge in [-0.3, -0.25) is 0 Å². The molecule has 27 heavy (non-hydrogen) atoms. The highest BCUT2D eigenvalue weighted by Gasteiger charge is 2.30. The third kappa shape index (κ3) is 3.93. The molecule has 1 saturated heterocycles. The van der Waals surface area contributed by atoms with Gasteiger partial charge in [0, 0.05) is 12.1 Å². The molecule has 1 aromatic carbocycles. The summed E-state index contributed by atoms with van der Waals surface area (Å²) in [6.07, 6.45) is 2.97. The molecule has 0 spiro atoms. The Morgan fingerprint density at radius 1 is 1.30 bits per heavy atom. The van der Waals surface area contributed by atoms with Crippen LogP contribution in [-0.2, 0) is 14.6 Å². The lowest BCUT2D eigenvalue weighted by molar-refractivity contribution is 0.0595. The second-order valence-electron chi connectivity index (χ2n) is 6.58. The molecule has 0 amide bonds. The Kier molecular flexibility index (Phi) is 5.43. The average Bonchev–Trinajstić information content (AvgIpc) is 2.68. The first-order valence-corrected chi connectivity index (χ1v) is 10.1. The van der Waals surface area contributed by atoms with E-state index in [2.05, 4.69) is 14.7 Å². The lowest BCUT2D eigenvalue weighted by Crippen LogP contribution is -2.40. The number of hydrogen-bond donors (Lipinski definition) is 1. The summed E-state index contributed by atoms with van der Waals surface area (Å²) in [6, 6.07) is 6.44. The van der Waals surface area contributed by atoms with Crippen LogP contribution in [0.1, 0.15) is 23.3 Å². The molecule has 1 aliphatic heterocycles. The van der Waals surface area contributed by atoms with E-state index in [-0.39, 0.29) is 16.4 Å². The molecule has 2 N–H and O–H groups in total. The average molecular weight is 390 g/mol. The second-order valence-corrected chi connectivity index (χ2v) is 8.80. The van der Waals surface area contributed by atoms with E-state index in [1.807, 2.05) is 11.9 Å². The van der Waals surface area contributed by atoms with Gasteiger partial charge in [0.15, 0.2) is 21.3 Å². The Hall–Kier alpha value is -2.52. The quantitative estimate of drug-likeness (QED) is 0.779. The van der Waals surface area contributed by atoms with E-state index >= 15 is 0 Å². The molecule has 0 aliphatic carbocycles. The normalized spacial score (nSPS) is 18.2. The number of piperidine rings is 1. The summed E-state index contributed by atoms with van der Waals surface area (Å²) >= 11 is 0. The van der Waals surface area contributed by atoms with Gasteiger partial charge in [0.25, 0.3) is 0 Å². The van der Waals surface area contributed by atoms with E-state index in [4.69, 9.17) is 5.73 Å². The first-order chi connectivity index (χ1) is 12.8. The van der Waals surface area contributed by atoms with E-state index < -0.39 is 21.1 Å². The van der Waals surface area contributed by atoms with E-state index in [0.717, 1.165) is 13.0 Å². The molecule has 2 heterocycles. The highest BCUT2D eigenvalue weighted by Crippen LogP contribution is 2.26. The molecule has 0 radical (unpaired) electrons. The molecule has 0 bridgehead atoms. The molecule has 3 rings (SSSR count). The highest BCUT2D eigenvalue weighted by atomic mass is 32.2. The van der Waals surface area contributed by atoms with Gasteiger partial charge >= 0.3 is 5.97 Å². The number of nitrogens with two attached hydrogens (primary N) is 1. The fourth-order valence-electron chi connectivity index (χ4n) is 3.16. The summed E-state index contributed by atoms with van der Waals surface area (Å²) in [5.41, 5.74) is 6.63. The van der Waals surface area contributed by atoms with Crippen LogP contribution >= 0.6 is 0 Å². The molecule has 8 nitrogen and oxygen atoms in total. The topological polar surface area (TPSA) is 115 Å². The highest BCUT2D eigenvalue weighted by molar-refractivity contribution is 7.92. The molecular formula is C18H22N4O4S. The molecule has 1 aliphatic rings. The van der Waals surface area contributed by atoms with Gasteiger partial charge in [-0.05, 0) is 38.6 Å². The van der Waals surface area contributed by atoms with Gasteiger partial charge in [0.2, 0.25) is 0 Å². The van der Waals surface area contributed by atoms with Crippen molar-refractivity contribution in [1.82, 2.24) is 14.9 Å². The van der Waals surface area contributed by atoms with Crippen LogP contribution in [0.5, 0.6) is 0 Å². The van der Waals surface area contributed by atoms with Crippen LogP contribution in [0.25, 0.3) is 11.3 Å². The molecule has 1 fully saturated rings. The zero-order chi connectivity index (χ0) is 19.6. The van der Waals surface area contributed by atoms with Gasteiger partial charge in [0.1, 0.15) is 0 Å². The SMILES string of the molecule is COC(=O)c1nc(-c2ccc(S(=O)(=O)C3CCCN(C)C3)cc2)cnc1N. The maximum Gasteiger partial charge on any atom is 0.360 e. The molecule has 1 atom stereocenters. The number of carbonyl (C=O) groups excluding carboxylic acids is 1. The Morgan fingerprint density at radius 2 is 2.00 bits per heavy atom. The Balaban J connectivity index is 1.88. The number of benzene rings is 1. The number of ether oxygens (including phenoxy) is 1. The minimum absolute atomic E-state index is 0.0220. The number of esters is 1. The van der Waals surface area contributed by atoms with E-state index in [1.54, 1.807) is 24.3 Å². The monoisotopic (exact) mass is 390 g/mol. The van der Waals surface area contributed by atoms with Gasteiger partial charge in [0.05, 0.1) is 29.1 Å². The zero-order valence-electron chi connectivity index (χ0n) is 15.3. The number of rotatable bonds is 4. The molecule has 9 heteroatoms. The Labute approximate surface area is 158 Å². The van der Waals surface area contributed by atoms with Crippen LogP contribution in [0.4, 0.5) is 5.82 Å². The summed E-state index contributed by atoms with van der Waals surface area (Å²) in [7, 11) is -0.229. The van der Waals surface area contributed by atoms with Crippen LogP contribution < -0.4 is 5.73 Å². The molecule has 1 aromatic heterocycles. The molecule has 2 aromatic rings. The van der Waals surface area contributed by atoms with Crippen LogP contribution in [0.15, 0.2) is 35.4 Å². The summed E-state index contributed by atoms with van der Waals surface area (Å²) < 4.78 is 30.4. The van der Waals surface area contributed by atoms with Gasteiger partial charge in [-0.25, -0.2) is 23.2 Å². The van der Waals surface area contributed by atoms with E-state index in [1.165, 1.54) is 13.3 Å². The Bertz CT molecular complexity index is 944. The molecular weight excluding hydrogens is 368 g/mol. The number of carbonyl (C=O) groups is 1. The van der Waals surface area contributed by atoms with Crippen molar-refractivity contribution >= 4 is 21.6 Å². The van der Waals surface area contributed by atoms with Crippen molar-refractivity contribution in [3.8, 4) is 11.3 Å². The molecule has 0 saturated carbocycles. The van der Waals surface area contributed by atoms with Crippen molar-refractivity contribution < 1.29 is 17.9 Å². The van der Waals surface area contributed by atoms with Crippen molar-refractivity contribution in [2.45, 2.75) is 23.0 Å². The Morgan fingerprint density at radius 3 is 2.63 bits per heavy atom. The standard InChI is InChI=1S/C18H22N4O4S/c1-22-9-3-4-14(11-22)27(24,25)13-7-5-12(6-8-13)15-10-20-17(19)16(21-15)18(23)26-2/h5-8,10,14H,3-4,9,11H2,1-2H3,(H2,19,20).